The van der Waals surface area contributed by atoms with Gasteiger partial charge in [-0.1, -0.05) is 359 Å². The Balaban J connectivity index is 4.23. The van der Waals surface area contributed by atoms with Crippen LogP contribution in [-0.4, -0.2) is 37.2 Å². The molecule has 1 atom stereocenters. The van der Waals surface area contributed by atoms with Gasteiger partial charge in [-0.15, -0.1) is 0 Å². The SMILES string of the molecule is CCCCCC/C=C\C/C=C\CCCCCCCCCC(=O)OC(COC(=O)CCCCCCCCCCCCCCCCCCCC)COC(=O)CCCCCCCCCCCCCCCCCCC/C=C\CCCCCCCCCC. The molecule has 0 amide bonds. The van der Waals surface area contributed by atoms with E-state index in [0.29, 0.717) is 19.3 Å². The molecule has 1 unspecified atom stereocenters. The second kappa shape index (κ2) is 72.1. The lowest BCUT2D eigenvalue weighted by Gasteiger charge is -2.18. The Morgan fingerprint density at radius 2 is 0.434 bits per heavy atom. The standard InChI is InChI=1S/C77H144O6/c1-4-7-10-13-16-19-22-25-28-31-34-35-36-37-38-39-40-41-42-43-44-47-49-52-55-58-61-64-67-70-76(79)82-73-74(83-77(80)71-68-65-62-59-56-53-50-46-33-30-27-24-21-18-15-12-9-6-3)72-81-75(78)69-66-63-60-57-54-51-48-45-32-29-26-23-20-17-14-11-8-5-2/h21,24,30-31,33-34,74H,4-20,22-23,25-29,32,35-73H2,1-3H3/b24-21-,33-30-,34-31-. The predicted molar refractivity (Wildman–Crippen MR) is 362 cm³/mol. The summed E-state index contributed by atoms with van der Waals surface area (Å²) in [4.78, 5) is 38.5. The Morgan fingerprint density at radius 3 is 0.687 bits per heavy atom. The van der Waals surface area contributed by atoms with E-state index in [1.165, 1.54) is 308 Å². The van der Waals surface area contributed by atoms with Crippen LogP contribution in [0, 0.1) is 0 Å². The average molecular weight is 1170 g/mol. The fourth-order valence-electron chi connectivity index (χ4n) is 11.5. The second-order valence-corrected chi connectivity index (χ2v) is 25.6. The predicted octanol–water partition coefficient (Wildman–Crippen LogP) is 25.9. The molecule has 0 aromatic carbocycles. The van der Waals surface area contributed by atoms with Gasteiger partial charge in [0.2, 0.25) is 0 Å². The summed E-state index contributed by atoms with van der Waals surface area (Å²) in [5, 5.41) is 0. The number of esters is 3. The summed E-state index contributed by atoms with van der Waals surface area (Å²) in [6.07, 6.45) is 90.4. The third kappa shape index (κ3) is 70.3. The van der Waals surface area contributed by atoms with E-state index in [0.717, 1.165) is 70.6 Å². The van der Waals surface area contributed by atoms with E-state index in [2.05, 4.69) is 57.2 Å². The third-order valence-electron chi connectivity index (χ3n) is 17.1. The van der Waals surface area contributed by atoms with Gasteiger partial charge in [0, 0.05) is 19.3 Å². The lowest BCUT2D eigenvalue weighted by molar-refractivity contribution is -0.167. The van der Waals surface area contributed by atoms with E-state index in [1.54, 1.807) is 0 Å². The molecule has 0 radical (unpaired) electrons. The highest BCUT2D eigenvalue weighted by atomic mass is 16.6. The highest BCUT2D eigenvalue weighted by Crippen LogP contribution is 2.19. The van der Waals surface area contributed by atoms with Crippen LogP contribution < -0.4 is 0 Å². The Labute approximate surface area is 518 Å². The average Bonchev–Trinajstić information content (AvgIpc) is 3.50. The van der Waals surface area contributed by atoms with Crippen LogP contribution in [0.15, 0.2) is 36.5 Å². The van der Waals surface area contributed by atoms with Gasteiger partial charge in [0.25, 0.3) is 0 Å². The van der Waals surface area contributed by atoms with Gasteiger partial charge < -0.3 is 14.2 Å². The van der Waals surface area contributed by atoms with Crippen molar-refractivity contribution in [2.45, 2.75) is 425 Å². The van der Waals surface area contributed by atoms with Crippen LogP contribution in [0.4, 0.5) is 0 Å². The first-order chi connectivity index (χ1) is 41.0. The highest BCUT2D eigenvalue weighted by Gasteiger charge is 2.20. The van der Waals surface area contributed by atoms with Gasteiger partial charge in [-0.25, -0.2) is 0 Å². The first-order valence-corrected chi connectivity index (χ1v) is 37.5. The molecule has 0 bridgehead atoms. The molecule has 0 aromatic heterocycles. The first kappa shape index (κ1) is 80.6. The van der Waals surface area contributed by atoms with Crippen LogP contribution >= 0.6 is 0 Å². The summed E-state index contributed by atoms with van der Waals surface area (Å²) < 4.78 is 17.0. The number of hydrogen-bond donors (Lipinski definition) is 0. The molecule has 0 rings (SSSR count). The van der Waals surface area contributed by atoms with Crippen LogP contribution in [-0.2, 0) is 28.6 Å². The number of carbonyl (C=O) groups is 3. The van der Waals surface area contributed by atoms with Crippen molar-refractivity contribution in [3.05, 3.63) is 36.5 Å². The molecule has 83 heavy (non-hydrogen) atoms. The van der Waals surface area contributed by atoms with Crippen LogP contribution in [0.1, 0.15) is 419 Å². The molecule has 0 saturated heterocycles. The molecular formula is C77H144O6. The molecule has 0 aliphatic carbocycles. The van der Waals surface area contributed by atoms with Crippen LogP contribution in [0.3, 0.4) is 0 Å². The minimum atomic E-state index is -0.775. The normalized spacial score (nSPS) is 12.2. The Hall–Kier alpha value is -2.37. The molecule has 0 aliphatic heterocycles. The maximum absolute atomic E-state index is 13.0. The summed E-state index contributed by atoms with van der Waals surface area (Å²) in [5.74, 6) is -0.844. The summed E-state index contributed by atoms with van der Waals surface area (Å²) in [6, 6.07) is 0. The van der Waals surface area contributed by atoms with E-state index in [9.17, 15) is 14.4 Å². The van der Waals surface area contributed by atoms with Crippen molar-refractivity contribution in [2.75, 3.05) is 13.2 Å². The van der Waals surface area contributed by atoms with Crippen molar-refractivity contribution in [1.82, 2.24) is 0 Å². The summed E-state index contributed by atoms with van der Waals surface area (Å²) in [5.41, 5.74) is 0. The lowest BCUT2D eigenvalue weighted by Crippen LogP contribution is -2.30. The minimum absolute atomic E-state index is 0.0695. The Kier molecular flexibility index (Phi) is 70.0. The maximum Gasteiger partial charge on any atom is 0.306 e. The fourth-order valence-corrected chi connectivity index (χ4v) is 11.5. The van der Waals surface area contributed by atoms with E-state index in [1.807, 2.05) is 0 Å². The number of rotatable bonds is 70. The summed E-state index contributed by atoms with van der Waals surface area (Å²) in [6.45, 7) is 6.70. The minimum Gasteiger partial charge on any atom is -0.462 e. The zero-order valence-corrected chi connectivity index (χ0v) is 56.2. The van der Waals surface area contributed by atoms with Crippen molar-refractivity contribution in [2.24, 2.45) is 0 Å². The topological polar surface area (TPSA) is 78.9 Å². The monoisotopic (exact) mass is 1170 g/mol. The number of hydrogen-bond acceptors (Lipinski definition) is 6. The number of allylic oxidation sites excluding steroid dienone is 6. The van der Waals surface area contributed by atoms with Gasteiger partial charge in [-0.05, 0) is 77.0 Å². The van der Waals surface area contributed by atoms with Crippen molar-refractivity contribution in [1.29, 1.82) is 0 Å². The summed E-state index contributed by atoms with van der Waals surface area (Å²) in [7, 11) is 0. The van der Waals surface area contributed by atoms with Gasteiger partial charge >= 0.3 is 17.9 Å². The fraction of sp³-hybridized carbons (Fsp3) is 0.883. The third-order valence-corrected chi connectivity index (χ3v) is 17.1. The van der Waals surface area contributed by atoms with Crippen LogP contribution in [0.25, 0.3) is 0 Å². The van der Waals surface area contributed by atoms with Crippen LogP contribution in [0.2, 0.25) is 0 Å². The number of ether oxygens (including phenoxy) is 3. The molecule has 0 saturated carbocycles. The highest BCUT2D eigenvalue weighted by molar-refractivity contribution is 5.71. The van der Waals surface area contributed by atoms with Crippen LogP contribution in [0.5, 0.6) is 0 Å². The molecule has 0 aliphatic rings. The molecule has 6 nitrogen and oxygen atoms in total. The summed E-state index contributed by atoms with van der Waals surface area (Å²) >= 11 is 0. The second-order valence-electron chi connectivity index (χ2n) is 25.6. The molecular weight excluding hydrogens is 1020 g/mol. The van der Waals surface area contributed by atoms with E-state index in [4.69, 9.17) is 14.2 Å². The number of unbranched alkanes of at least 4 members (excludes halogenated alkanes) is 53. The van der Waals surface area contributed by atoms with E-state index < -0.39 is 6.10 Å². The van der Waals surface area contributed by atoms with Crippen molar-refractivity contribution >= 4 is 17.9 Å². The molecule has 0 fully saturated rings. The Morgan fingerprint density at radius 1 is 0.241 bits per heavy atom. The molecule has 0 heterocycles. The van der Waals surface area contributed by atoms with Crippen molar-refractivity contribution < 1.29 is 28.6 Å². The van der Waals surface area contributed by atoms with Gasteiger partial charge in [0.1, 0.15) is 13.2 Å². The van der Waals surface area contributed by atoms with Crippen molar-refractivity contribution in [3.63, 3.8) is 0 Å². The molecule has 0 N–H and O–H groups in total. The smallest absolute Gasteiger partial charge is 0.306 e. The maximum atomic E-state index is 13.0. The van der Waals surface area contributed by atoms with Gasteiger partial charge in [0.05, 0.1) is 0 Å². The molecule has 0 spiro atoms. The van der Waals surface area contributed by atoms with Gasteiger partial charge in [0.15, 0.2) is 6.10 Å². The van der Waals surface area contributed by atoms with Gasteiger partial charge in [-0.3, -0.25) is 14.4 Å². The quantitative estimate of drug-likeness (QED) is 0.0261. The lowest BCUT2D eigenvalue weighted by atomic mass is 10.0. The zero-order chi connectivity index (χ0) is 59.9. The largest absolute Gasteiger partial charge is 0.462 e. The van der Waals surface area contributed by atoms with Gasteiger partial charge in [-0.2, -0.15) is 0 Å². The van der Waals surface area contributed by atoms with Crippen molar-refractivity contribution in [3.8, 4) is 0 Å². The molecule has 488 valence electrons. The molecule has 6 heteroatoms. The number of carbonyl (C=O) groups excluding carboxylic acids is 3. The first-order valence-electron chi connectivity index (χ1n) is 37.5. The zero-order valence-electron chi connectivity index (χ0n) is 56.2. The van der Waals surface area contributed by atoms with E-state index >= 15 is 0 Å². The molecule has 0 aromatic rings. The Bertz CT molecular complexity index is 1380. The van der Waals surface area contributed by atoms with E-state index in [-0.39, 0.29) is 31.1 Å².